The van der Waals surface area contributed by atoms with Gasteiger partial charge in [-0.25, -0.2) is 4.99 Å². The first-order chi connectivity index (χ1) is 14.8. The Morgan fingerprint density at radius 2 is 2.06 bits per heavy atom. The maximum Gasteiger partial charge on any atom is 0.322 e. The van der Waals surface area contributed by atoms with E-state index in [1.807, 2.05) is 0 Å². The molecule has 0 aromatic carbocycles. The fraction of sp³-hybridized carbons (Fsp3) is 0.474. The number of carboxylic acids is 2. The highest BCUT2D eigenvalue weighted by atomic mass is 16.5. The van der Waals surface area contributed by atoms with Crippen molar-refractivity contribution < 1.29 is 34.1 Å². The van der Waals surface area contributed by atoms with Crippen LogP contribution in [-0.2, 0) is 25.5 Å². The zero-order valence-electron chi connectivity index (χ0n) is 17.3. The second-order valence-electron chi connectivity index (χ2n) is 6.65. The van der Waals surface area contributed by atoms with Crippen LogP contribution in [0, 0.1) is 0 Å². The molecule has 2 heterocycles. The summed E-state index contributed by atoms with van der Waals surface area (Å²) in [5.41, 5.74) is 0.871. The number of nitrogens with one attached hydrogen (secondary N) is 1. The first-order valence-corrected chi connectivity index (χ1v) is 9.48. The van der Waals surface area contributed by atoms with Crippen LogP contribution in [0.3, 0.4) is 0 Å². The highest BCUT2D eigenvalue weighted by Gasteiger charge is 2.28. The number of carboxylic acid groups (broad SMARTS) is 2. The highest BCUT2D eigenvalue weighted by molar-refractivity contribution is 5.93. The summed E-state index contributed by atoms with van der Waals surface area (Å²) in [6, 6.07) is 1.51. The van der Waals surface area contributed by atoms with Crippen LogP contribution < -0.4 is 5.32 Å². The van der Waals surface area contributed by atoms with E-state index in [1.165, 1.54) is 25.6 Å². The number of carbonyl (C=O) groups excluding carboxylic acids is 1. The van der Waals surface area contributed by atoms with Gasteiger partial charge in [-0.2, -0.15) is 0 Å². The summed E-state index contributed by atoms with van der Waals surface area (Å²) >= 11 is 0. The first-order valence-electron chi connectivity index (χ1n) is 9.48. The fourth-order valence-corrected chi connectivity index (χ4v) is 2.86. The summed E-state index contributed by atoms with van der Waals surface area (Å²) in [6.07, 6.45) is 3.25. The lowest BCUT2D eigenvalue weighted by Gasteiger charge is -2.16. The second-order valence-corrected chi connectivity index (χ2v) is 6.65. The van der Waals surface area contributed by atoms with Crippen LogP contribution in [0.5, 0.6) is 0 Å². The first kappa shape index (κ1) is 23.7. The lowest BCUT2D eigenvalue weighted by Crippen LogP contribution is -2.31. The molecule has 1 fully saturated rings. The van der Waals surface area contributed by atoms with Crippen LogP contribution in [0.2, 0.25) is 0 Å². The van der Waals surface area contributed by atoms with Crippen LogP contribution in [0.25, 0.3) is 0 Å². The Balaban J connectivity index is 2.22. The SMILES string of the molecule is COC(=CNCC(=O)O)N=Cc1nnc(C(=O)N2CCC(OC)C2)cc1CCC(=O)O. The molecule has 1 unspecified atom stereocenters. The molecule has 168 valence electrons. The van der Waals surface area contributed by atoms with Gasteiger partial charge in [-0.05, 0) is 24.5 Å². The highest BCUT2D eigenvalue weighted by Crippen LogP contribution is 2.16. The molecule has 0 aliphatic carbocycles. The van der Waals surface area contributed by atoms with Gasteiger partial charge in [0.1, 0.15) is 12.2 Å². The fourth-order valence-electron chi connectivity index (χ4n) is 2.86. The Labute approximate surface area is 178 Å². The van der Waals surface area contributed by atoms with Gasteiger partial charge in [0.25, 0.3) is 5.91 Å². The molecular formula is C19H25N5O7. The largest absolute Gasteiger partial charge is 0.481 e. The van der Waals surface area contributed by atoms with Crippen LogP contribution >= 0.6 is 0 Å². The van der Waals surface area contributed by atoms with E-state index in [1.54, 1.807) is 12.0 Å². The number of nitrogens with zero attached hydrogens (tertiary/aromatic N) is 4. The Hall–Kier alpha value is -3.54. The number of methoxy groups -OCH3 is 2. The molecule has 31 heavy (non-hydrogen) atoms. The summed E-state index contributed by atoms with van der Waals surface area (Å²) < 4.78 is 10.3. The number of hydrogen-bond acceptors (Lipinski definition) is 9. The maximum absolute atomic E-state index is 12.7. The predicted molar refractivity (Wildman–Crippen MR) is 108 cm³/mol. The summed E-state index contributed by atoms with van der Waals surface area (Å²) in [5.74, 6) is -2.27. The normalized spacial score (nSPS) is 16.5. The molecule has 0 saturated carbocycles. The molecule has 1 aromatic rings. The predicted octanol–water partition coefficient (Wildman–Crippen LogP) is -0.107. The van der Waals surface area contributed by atoms with Gasteiger partial charge in [0.05, 0.1) is 25.6 Å². The third kappa shape index (κ3) is 7.33. The van der Waals surface area contributed by atoms with Crippen molar-refractivity contribution >= 4 is 24.1 Å². The number of rotatable bonds is 11. The van der Waals surface area contributed by atoms with Crippen molar-refractivity contribution in [2.24, 2.45) is 4.99 Å². The molecule has 1 atom stereocenters. The minimum absolute atomic E-state index is 0.0243. The molecule has 1 amide bonds. The van der Waals surface area contributed by atoms with E-state index in [2.05, 4.69) is 20.5 Å². The van der Waals surface area contributed by atoms with Crippen LogP contribution in [-0.4, -0.2) is 89.3 Å². The van der Waals surface area contributed by atoms with Crippen molar-refractivity contribution in [3.63, 3.8) is 0 Å². The Kier molecular flexibility index (Phi) is 8.88. The molecular weight excluding hydrogens is 410 g/mol. The average Bonchev–Trinajstić information content (AvgIpc) is 3.23. The summed E-state index contributed by atoms with van der Waals surface area (Å²) in [5, 5.41) is 28.2. The molecule has 12 heteroatoms. The summed E-state index contributed by atoms with van der Waals surface area (Å²) in [6.45, 7) is 0.678. The van der Waals surface area contributed by atoms with Gasteiger partial charge in [-0.3, -0.25) is 14.4 Å². The van der Waals surface area contributed by atoms with Crippen molar-refractivity contribution in [1.29, 1.82) is 0 Å². The maximum atomic E-state index is 12.7. The molecule has 1 aromatic heterocycles. The zero-order chi connectivity index (χ0) is 22.8. The monoisotopic (exact) mass is 435 g/mol. The minimum Gasteiger partial charge on any atom is -0.481 e. The third-order valence-corrected chi connectivity index (χ3v) is 4.50. The van der Waals surface area contributed by atoms with E-state index in [0.717, 1.165) is 6.42 Å². The molecule has 2 rings (SSSR count). The molecule has 0 radical (unpaired) electrons. The molecule has 0 bridgehead atoms. The number of amides is 1. The lowest BCUT2D eigenvalue weighted by molar-refractivity contribution is -0.137. The van der Waals surface area contributed by atoms with Crippen molar-refractivity contribution in [1.82, 2.24) is 20.4 Å². The van der Waals surface area contributed by atoms with Gasteiger partial charge in [0.15, 0.2) is 5.69 Å². The third-order valence-electron chi connectivity index (χ3n) is 4.50. The summed E-state index contributed by atoms with van der Waals surface area (Å²) in [7, 11) is 2.95. The van der Waals surface area contributed by atoms with Gasteiger partial charge >= 0.3 is 11.9 Å². The number of aryl methyl sites for hydroxylation is 1. The van der Waals surface area contributed by atoms with Gasteiger partial charge in [0.2, 0.25) is 5.88 Å². The van der Waals surface area contributed by atoms with Crippen LogP contribution in [0.4, 0.5) is 0 Å². The number of hydrogen-bond donors (Lipinski definition) is 3. The van der Waals surface area contributed by atoms with E-state index in [-0.39, 0.29) is 48.7 Å². The van der Waals surface area contributed by atoms with Crippen molar-refractivity contribution in [3.05, 3.63) is 35.1 Å². The quantitative estimate of drug-likeness (QED) is 0.316. The zero-order valence-corrected chi connectivity index (χ0v) is 17.3. The molecule has 12 nitrogen and oxygen atoms in total. The number of ether oxygens (including phenoxy) is 2. The number of aliphatic carboxylic acids is 2. The molecule has 1 aliphatic rings. The Bertz CT molecular complexity index is 871. The van der Waals surface area contributed by atoms with E-state index >= 15 is 0 Å². The van der Waals surface area contributed by atoms with Crippen molar-refractivity contribution in [2.75, 3.05) is 33.9 Å². The summed E-state index contributed by atoms with van der Waals surface area (Å²) in [4.78, 5) is 40.0. The van der Waals surface area contributed by atoms with Gasteiger partial charge in [-0.1, -0.05) is 0 Å². The Morgan fingerprint density at radius 1 is 1.29 bits per heavy atom. The van der Waals surface area contributed by atoms with Gasteiger partial charge in [-0.15, -0.1) is 10.2 Å². The Morgan fingerprint density at radius 3 is 2.68 bits per heavy atom. The van der Waals surface area contributed by atoms with Crippen molar-refractivity contribution in [3.8, 4) is 0 Å². The van der Waals surface area contributed by atoms with E-state index in [0.29, 0.717) is 18.7 Å². The standard InChI is InChI=1S/C19H25N5O7/c1-30-13-5-6-24(11-13)19(29)14-7-12(3-4-17(25)26)15(23-22-14)8-21-16(31-2)9-20-10-18(27)28/h7-9,13,20H,3-6,10-11H2,1-2H3,(H,25,26)(H,27,28). The van der Waals surface area contributed by atoms with E-state index < -0.39 is 11.9 Å². The lowest BCUT2D eigenvalue weighted by atomic mass is 10.1. The molecule has 1 aliphatic heterocycles. The van der Waals surface area contributed by atoms with Crippen molar-refractivity contribution in [2.45, 2.75) is 25.4 Å². The van der Waals surface area contributed by atoms with Crippen LogP contribution in [0.1, 0.15) is 34.6 Å². The minimum atomic E-state index is -1.05. The number of carbonyl (C=O) groups is 3. The number of likely N-dealkylation sites (tertiary alicyclic amines) is 1. The van der Waals surface area contributed by atoms with Crippen LogP contribution in [0.15, 0.2) is 23.1 Å². The smallest absolute Gasteiger partial charge is 0.322 e. The van der Waals surface area contributed by atoms with Gasteiger partial charge < -0.3 is 29.9 Å². The average molecular weight is 435 g/mol. The topological polar surface area (TPSA) is 164 Å². The van der Waals surface area contributed by atoms with E-state index in [9.17, 15) is 14.4 Å². The second kappa shape index (κ2) is 11.6. The molecule has 0 spiro atoms. The number of aromatic nitrogens is 2. The molecule has 1 saturated heterocycles. The number of aliphatic imine (C=N–C) groups is 1. The van der Waals surface area contributed by atoms with Gasteiger partial charge in [0, 0.05) is 26.6 Å². The molecule has 3 N–H and O–H groups in total. The van der Waals surface area contributed by atoms with E-state index in [4.69, 9.17) is 19.7 Å².